The fraction of sp³-hybridized carbons (Fsp3) is 0.379. The SMILES string of the molecule is Cc1c(NCCN2CCCC2)cc(C(=O)c2ccccc2)cc1N1CCN(c2ncnc3n[nH]c(Br)c23)CC1. The summed E-state index contributed by atoms with van der Waals surface area (Å²) in [6.07, 6.45) is 4.14. The van der Waals surface area contributed by atoms with Gasteiger partial charge in [-0.05, 0) is 66.5 Å². The molecule has 6 rings (SSSR count). The number of carbonyl (C=O) groups excluding carboxylic acids is 1. The van der Waals surface area contributed by atoms with Crippen LogP contribution < -0.4 is 15.1 Å². The van der Waals surface area contributed by atoms with Crippen molar-refractivity contribution in [1.82, 2.24) is 25.1 Å². The number of benzene rings is 2. The number of fused-ring (bicyclic) bond motifs is 1. The Morgan fingerprint density at radius 1 is 0.974 bits per heavy atom. The van der Waals surface area contributed by atoms with Crippen molar-refractivity contribution < 1.29 is 4.79 Å². The van der Waals surface area contributed by atoms with Crippen molar-refractivity contribution in [3.8, 4) is 0 Å². The molecular weight excluding hydrogens is 556 g/mol. The lowest BCUT2D eigenvalue weighted by molar-refractivity contribution is 0.103. The number of anilines is 3. The number of likely N-dealkylation sites (tertiary alicyclic amines) is 1. The number of carbonyl (C=O) groups is 1. The predicted octanol–water partition coefficient (Wildman–Crippen LogP) is 4.49. The summed E-state index contributed by atoms with van der Waals surface area (Å²) in [5.41, 5.74) is 5.40. The second-order valence-electron chi connectivity index (χ2n) is 10.2. The number of piperazine rings is 1. The maximum atomic E-state index is 13.5. The Balaban J connectivity index is 1.25. The highest BCUT2D eigenvalue weighted by Crippen LogP contribution is 2.33. The van der Waals surface area contributed by atoms with Crippen molar-refractivity contribution in [2.75, 3.05) is 67.5 Å². The van der Waals surface area contributed by atoms with Gasteiger partial charge >= 0.3 is 0 Å². The predicted molar refractivity (Wildman–Crippen MR) is 159 cm³/mol. The highest BCUT2D eigenvalue weighted by atomic mass is 79.9. The second-order valence-corrected chi connectivity index (χ2v) is 11.0. The monoisotopic (exact) mass is 588 g/mol. The van der Waals surface area contributed by atoms with E-state index in [2.05, 4.69) is 69.1 Å². The molecule has 0 bridgehead atoms. The molecule has 2 aromatic heterocycles. The van der Waals surface area contributed by atoms with Crippen molar-refractivity contribution in [2.24, 2.45) is 0 Å². The maximum absolute atomic E-state index is 13.5. The number of rotatable bonds is 8. The van der Waals surface area contributed by atoms with E-state index < -0.39 is 0 Å². The van der Waals surface area contributed by atoms with Gasteiger partial charge in [0.2, 0.25) is 0 Å². The first kappa shape index (κ1) is 25.8. The molecule has 2 aliphatic rings. The summed E-state index contributed by atoms with van der Waals surface area (Å²) < 4.78 is 0.795. The zero-order valence-corrected chi connectivity index (χ0v) is 23.7. The Kier molecular flexibility index (Phi) is 7.47. The molecule has 4 aromatic rings. The molecule has 2 aliphatic heterocycles. The van der Waals surface area contributed by atoms with Crippen molar-refractivity contribution in [3.05, 3.63) is 70.1 Å². The van der Waals surface area contributed by atoms with E-state index in [4.69, 9.17) is 0 Å². The molecule has 0 radical (unpaired) electrons. The van der Waals surface area contributed by atoms with Crippen LogP contribution in [0.15, 0.2) is 53.4 Å². The molecule has 0 saturated carbocycles. The lowest BCUT2D eigenvalue weighted by Gasteiger charge is -2.38. The summed E-state index contributed by atoms with van der Waals surface area (Å²) in [5, 5.41) is 11.8. The average Bonchev–Trinajstić information content (AvgIpc) is 3.64. The van der Waals surface area contributed by atoms with Crippen LogP contribution in [0.2, 0.25) is 0 Å². The van der Waals surface area contributed by atoms with Gasteiger partial charge in [-0.2, -0.15) is 5.10 Å². The summed E-state index contributed by atoms with van der Waals surface area (Å²) in [5.74, 6) is 0.931. The number of nitrogens with zero attached hydrogens (tertiary/aromatic N) is 6. The van der Waals surface area contributed by atoms with E-state index in [-0.39, 0.29) is 5.78 Å². The highest BCUT2D eigenvalue weighted by molar-refractivity contribution is 9.10. The molecule has 9 nitrogen and oxygen atoms in total. The molecule has 39 heavy (non-hydrogen) atoms. The Bertz CT molecular complexity index is 1460. The number of hydrogen-bond donors (Lipinski definition) is 2. The zero-order valence-electron chi connectivity index (χ0n) is 22.2. The van der Waals surface area contributed by atoms with E-state index in [1.807, 2.05) is 36.4 Å². The molecule has 0 spiro atoms. The molecule has 202 valence electrons. The topological polar surface area (TPSA) is 93.3 Å². The standard InChI is InChI=1S/C29H33BrN8O/c1-20-23(31-9-12-36-10-5-6-11-36)17-22(26(39)21-7-3-2-4-8-21)18-24(20)37-13-15-38(16-14-37)29-25-27(30)34-35-28(25)32-19-33-29/h2-4,7-8,17-19,31H,5-6,9-16H2,1H3,(H,32,33,34,35). The van der Waals surface area contributed by atoms with E-state index in [0.29, 0.717) is 16.8 Å². The van der Waals surface area contributed by atoms with Gasteiger partial charge in [0.25, 0.3) is 0 Å². The third-order valence-corrected chi connectivity index (χ3v) is 8.40. The first-order chi connectivity index (χ1) is 19.1. The van der Waals surface area contributed by atoms with Gasteiger partial charge in [-0.3, -0.25) is 9.89 Å². The first-order valence-electron chi connectivity index (χ1n) is 13.6. The summed E-state index contributed by atoms with van der Waals surface area (Å²) in [4.78, 5) is 29.5. The molecule has 0 aliphatic carbocycles. The number of nitrogens with one attached hydrogen (secondary N) is 2. The Morgan fingerprint density at radius 3 is 2.49 bits per heavy atom. The zero-order chi connectivity index (χ0) is 26.8. The molecule has 0 amide bonds. The van der Waals surface area contributed by atoms with E-state index in [1.54, 1.807) is 6.33 Å². The second kappa shape index (κ2) is 11.3. The lowest BCUT2D eigenvalue weighted by Crippen LogP contribution is -2.47. The largest absolute Gasteiger partial charge is 0.383 e. The van der Waals surface area contributed by atoms with Crippen LogP contribution in [0.3, 0.4) is 0 Å². The molecule has 2 fully saturated rings. The van der Waals surface area contributed by atoms with Crippen LogP contribution >= 0.6 is 15.9 Å². The molecule has 4 heterocycles. The van der Waals surface area contributed by atoms with E-state index >= 15 is 0 Å². The van der Waals surface area contributed by atoms with Gasteiger partial charge < -0.3 is 20.0 Å². The Morgan fingerprint density at radius 2 is 1.72 bits per heavy atom. The molecule has 0 atom stereocenters. The number of aromatic amines is 1. The van der Waals surface area contributed by atoms with E-state index in [1.165, 1.54) is 31.5 Å². The van der Waals surface area contributed by atoms with Gasteiger partial charge in [0.1, 0.15) is 16.7 Å². The lowest BCUT2D eigenvalue weighted by atomic mass is 9.98. The molecule has 0 unspecified atom stereocenters. The van der Waals surface area contributed by atoms with Crippen LogP contribution in [0, 0.1) is 6.92 Å². The highest BCUT2D eigenvalue weighted by Gasteiger charge is 2.25. The van der Waals surface area contributed by atoms with Crippen molar-refractivity contribution in [2.45, 2.75) is 19.8 Å². The van der Waals surface area contributed by atoms with E-state index in [0.717, 1.165) is 66.5 Å². The van der Waals surface area contributed by atoms with Crippen molar-refractivity contribution >= 4 is 49.9 Å². The number of halogens is 1. The summed E-state index contributed by atoms with van der Waals surface area (Å²) in [6.45, 7) is 9.63. The average molecular weight is 590 g/mol. The van der Waals surface area contributed by atoms with Gasteiger partial charge in [-0.1, -0.05) is 30.3 Å². The van der Waals surface area contributed by atoms with Gasteiger partial charge in [-0.15, -0.1) is 0 Å². The van der Waals surface area contributed by atoms with Crippen LogP contribution in [0.5, 0.6) is 0 Å². The minimum atomic E-state index is 0.0475. The molecular formula is C29H33BrN8O. The number of H-pyrrole nitrogens is 1. The normalized spacial score (nSPS) is 16.3. The van der Waals surface area contributed by atoms with Gasteiger partial charge in [0.15, 0.2) is 11.4 Å². The summed E-state index contributed by atoms with van der Waals surface area (Å²) >= 11 is 3.56. The quantitative estimate of drug-likeness (QED) is 0.291. The van der Waals surface area contributed by atoms with Gasteiger partial charge in [0, 0.05) is 61.8 Å². The third-order valence-electron chi connectivity index (χ3n) is 7.83. The minimum absolute atomic E-state index is 0.0475. The molecule has 10 heteroatoms. The molecule has 2 N–H and O–H groups in total. The fourth-order valence-corrected chi connectivity index (χ4v) is 6.10. The molecule has 2 aromatic carbocycles. The first-order valence-corrected chi connectivity index (χ1v) is 14.4. The minimum Gasteiger partial charge on any atom is -0.383 e. The Labute approximate surface area is 236 Å². The van der Waals surface area contributed by atoms with Gasteiger partial charge in [-0.25, -0.2) is 9.97 Å². The number of aromatic nitrogens is 4. The third kappa shape index (κ3) is 5.35. The summed E-state index contributed by atoms with van der Waals surface area (Å²) in [7, 11) is 0. The summed E-state index contributed by atoms with van der Waals surface area (Å²) in [6, 6.07) is 13.6. The van der Waals surface area contributed by atoms with Crippen LogP contribution in [0.25, 0.3) is 11.0 Å². The smallest absolute Gasteiger partial charge is 0.193 e. The Hall–Kier alpha value is -3.50. The maximum Gasteiger partial charge on any atom is 0.193 e. The fourth-order valence-electron chi connectivity index (χ4n) is 5.66. The number of ketones is 1. The van der Waals surface area contributed by atoms with Gasteiger partial charge in [0.05, 0.1) is 5.39 Å². The van der Waals surface area contributed by atoms with Crippen LogP contribution in [0.1, 0.15) is 34.3 Å². The van der Waals surface area contributed by atoms with Crippen molar-refractivity contribution in [1.29, 1.82) is 0 Å². The van der Waals surface area contributed by atoms with Crippen LogP contribution in [-0.4, -0.2) is 83.2 Å². The van der Waals surface area contributed by atoms with E-state index in [9.17, 15) is 4.79 Å². The van der Waals surface area contributed by atoms with Crippen molar-refractivity contribution in [3.63, 3.8) is 0 Å². The number of hydrogen-bond acceptors (Lipinski definition) is 8. The molecule has 2 saturated heterocycles. The van der Waals surface area contributed by atoms with Crippen LogP contribution in [-0.2, 0) is 0 Å². The van der Waals surface area contributed by atoms with Crippen LogP contribution in [0.4, 0.5) is 17.2 Å².